The third-order valence-corrected chi connectivity index (χ3v) is 7.33. The largest absolute Gasteiger partial charge is 0.463 e. The van der Waals surface area contributed by atoms with Crippen molar-refractivity contribution < 1.29 is 14.3 Å². The van der Waals surface area contributed by atoms with Gasteiger partial charge in [-0.25, -0.2) is 9.79 Å². The first-order valence-corrected chi connectivity index (χ1v) is 12.1. The first kappa shape index (κ1) is 22.2. The van der Waals surface area contributed by atoms with Crippen LogP contribution < -0.4 is 4.90 Å². The second-order valence-electron chi connectivity index (χ2n) is 8.12. The number of nitrogens with zero attached hydrogens (tertiary/aromatic N) is 3. The molecule has 3 heterocycles. The minimum atomic E-state index is -0.445. The SMILES string of the molecule is C=C1/C(=C2/C(=O)N(CC)c3ccccc32)SC2=NC(C)=C(C(=O)OCC)C(c3ccccc3)N12. The zero-order chi connectivity index (χ0) is 24.0. The van der Waals surface area contributed by atoms with E-state index in [9.17, 15) is 9.59 Å². The maximum atomic E-state index is 13.5. The minimum Gasteiger partial charge on any atom is -0.463 e. The number of carbonyl (C=O) groups excluding carboxylic acids is 2. The Morgan fingerprint density at radius 3 is 2.53 bits per heavy atom. The second kappa shape index (κ2) is 8.65. The smallest absolute Gasteiger partial charge is 0.338 e. The van der Waals surface area contributed by atoms with Gasteiger partial charge in [0.2, 0.25) is 0 Å². The molecule has 34 heavy (non-hydrogen) atoms. The maximum Gasteiger partial charge on any atom is 0.338 e. The Hall–Kier alpha value is -3.58. The molecule has 1 unspecified atom stereocenters. The topological polar surface area (TPSA) is 62.2 Å². The Kier molecular flexibility index (Phi) is 5.65. The Morgan fingerprint density at radius 1 is 1.12 bits per heavy atom. The number of allylic oxidation sites excluding steroid dienone is 1. The molecule has 0 aromatic heterocycles. The first-order chi connectivity index (χ1) is 16.5. The Labute approximate surface area is 203 Å². The molecule has 0 bridgehead atoms. The molecule has 0 spiro atoms. The van der Waals surface area contributed by atoms with E-state index in [4.69, 9.17) is 9.73 Å². The fraction of sp³-hybridized carbons (Fsp3) is 0.222. The predicted octanol–water partition coefficient (Wildman–Crippen LogP) is 5.27. The van der Waals surface area contributed by atoms with E-state index in [0.29, 0.717) is 34.3 Å². The standard InChI is InChI=1S/C27H25N3O3S/c1-5-29-20-15-11-10-14-19(20)22(25(29)31)24-17(4)30-23(18-12-8-7-9-13-18)21(26(32)33-6-2)16(3)28-27(30)34-24/h7-15,23H,4-6H2,1-3H3/b24-22-. The number of rotatable bonds is 4. The zero-order valence-electron chi connectivity index (χ0n) is 19.4. The number of hydrogen-bond acceptors (Lipinski definition) is 6. The van der Waals surface area contributed by atoms with Crippen molar-refractivity contribution in [3.63, 3.8) is 0 Å². The molecule has 2 aromatic carbocycles. The van der Waals surface area contributed by atoms with Crippen LogP contribution in [-0.4, -0.2) is 35.1 Å². The summed E-state index contributed by atoms with van der Waals surface area (Å²) in [6.45, 7) is 10.8. The van der Waals surface area contributed by atoms with Gasteiger partial charge in [0.05, 0.1) is 45.8 Å². The maximum absolute atomic E-state index is 13.5. The Bertz CT molecular complexity index is 1310. The number of esters is 1. The quantitative estimate of drug-likeness (QED) is 0.449. The lowest BCUT2D eigenvalue weighted by Crippen LogP contribution is -2.35. The van der Waals surface area contributed by atoms with Gasteiger partial charge in [-0.1, -0.05) is 55.1 Å². The molecular formula is C27H25N3O3S. The summed E-state index contributed by atoms with van der Waals surface area (Å²) in [6, 6.07) is 17.2. The van der Waals surface area contributed by atoms with Crippen molar-refractivity contribution in [1.82, 2.24) is 4.90 Å². The molecule has 1 saturated heterocycles. The van der Waals surface area contributed by atoms with Gasteiger partial charge in [0.1, 0.15) is 0 Å². The van der Waals surface area contributed by atoms with Crippen LogP contribution in [0.5, 0.6) is 0 Å². The molecule has 0 aliphatic carbocycles. The Balaban J connectivity index is 1.67. The summed E-state index contributed by atoms with van der Waals surface area (Å²) >= 11 is 1.43. The van der Waals surface area contributed by atoms with Gasteiger partial charge in [-0.2, -0.15) is 0 Å². The lowest BCUT2D eigenvalue weighted by atomic mass is 9.94. The van der Waals surface area contributed by atoms with Gasteiger partial charge in [-0.3, -0.25) is 4.79 Å². The highest BCUT2D eigenvalue weighted by molar-refractivity contribution is 8.18. The van der Waals surface area contributed by atoms with Crippen LogP contribution in [0.3, 0.4) is 0 Å². The molecule has 7 heteroatoms. The number of ether oxygens (including phenoxy) is 1. The zero-order valence-corrected chi connectivity index (χ0v) is 20.2. The van der Waals surface area contributed by atoms with Crippen molar-refractivity contribution in [3.05, 3.63) is 94.2 Å². The van der Waals surface area contributed by atoms with Crippen LogP contribution in [0.1, 0.15) is 37.9 Å². The van der Waals surface area contributed by atoms with E-state index in [-0.39, 0.29) is 12.5 Å². The number of carbonyl (C=O) groups is 2. The summed E-state index contributed by atoms with van der Waals surface area (Å²) < 4.78 is 5.40. The number of amidine groups is 1. The summed E-state index contributed by atoms with van der Waals surface area (Å²) in [4.78, 5) is 35.8. The van der Waals surface area contributed by atoms with Gasteiger partial charge >= 0.3 is 5.97 Å². The van der Waals surface area contributed by atoms with Gasteiger partial charge in [0.15, 0.2) is 5.17 Å². The van der Waals surface area contributed by atoms with Crippen LogP contribution >= 0.6 is 11.8 Å². The normalized spacial score (nSPS) is 21.6. The van der Waals surface area contributed by atoms with E-state index in [2.05, 4.69) is 6.58 Å². The third kappa shape index (κ3) is 3.30. The van der Waals surface area contributed by atoms with Crippen molar-refractivity contribution in [2.75, 3.05) is 18.1 Å². The number of likely N-dealkylation sites (N-methyl/N-ethyl adjacent to an activating group) is 1. The minimum absolute atomic E-state index is 0.0423. The number of fused-ring (bicyclic) bond motifs is 2. The Morgan fingerprint density at radius 2 is 1.82 bits per heavy atom. The fourth-order valence-electron chi connectivity index (χ4n) is 4.73. The molecule has 2 aromatic rings. The summed E-state index contributed by atoms with van der Waals surface area (Å²) in [6.07, 6.45) is 0. The average Bonchev–Trinajstić information content (AvgIpc) is 3.30. The summed E-state index contributed by atoms with van der Waals surface area (Å²) in [7, 11) is 0. The molecule has 5 rings (SSSR count). The van der Waals surface area contributed by atoms with Crippen molar-refractivity contribution >= 4 is 40.1 Å². The van der Waals surface area contributed by atoms with Gasteiger partial charge in [-0.05, 0) is 44.2 Å². The van der Waals surface area contributed by atoms with Crippen LogP contribution in [0.2, 0.25) is 0 Å². The molecule has 0 saturated carbocycles. The van der Waals surface area contributed by atoms with Gasteiger partial charge in [0, 0.05) is 12.1 Å². The highest BCUT2D eigenvalue weighted by atomic mass is 32.2. The molecule has 6 nitrogen and oxygen atoms in total. The molecule has 172 valence electrons. The molecule has 3 aliphatic rings. The number of amides is 1. The van der Waals surface area contributed by atoms with E-state index >= 15 is 0 Å². The number of hydrogen-bond donors (Lipinski definition) is 0. The van der Waals surface area contributed by atoms with E-state index in [1.807, 2.05) is 73.3 Å². The fourth-order valence-corrected chi connectivity index (χ4v) is 5.92. The number of anilines is 1. The van der Waals surface area contributed by atoms with Crippen molar-refractivity contribution in [3.8, 4) is 0 Å². The third-order valence-electron chi connectivity index (χ3n) is 6.21. The van der Waals surface area contributed by atoms with Crippen LogP contribution in [0, 0.1) is 0 Å². The summed E-state index contributed by atoms with van der Waals surface area (Å²) in [5.74, 6) is -0.436. The van der Waals surface area contributed by atoms with E-state index < -0.39 is 12.0 Å². The molecular weight excluding hydrogens is 446 g/mol. The summed E-state index contributed by atoms with van der Waals surface area (Å²) in [5, 5.41) is 0.701. The number of aliphatic imine (C=N–C) groups is 1. The number of benzene rings is 2. The van der Waals surface area contributed by atoms with Gasteiger partial charge in [-0.15, -0.1) is 0 Å². The molecule has 1 atom stereocenters. The lowest BCUT2D eigenvalue weighted by molar-refractivity contribution is -0.139. The van der Waals surface area contributed by atoms with Crippen molar-refractivity contribution in [2.45, 2.75) is 26.8 Å². The average molecular weight is 472 g/mol. The highest BCUT2D eigenvalue weighted by Crippen LogP contribution is 2.53. The highest BCUT2D eigenvalue weighted by Gasteiger charge is 2.45. The molecule has 1 amide bonds. The first-order valence-electron chi connectivity index (χ1n) is 11.3. The molecule has 3 aliphatic heterocycles. The van der Waals surface area contributed by atoms with Crippen LogP contribution in [0.25, 0.3) is 5.57 Å². The second-order valence-corrected chi connectivity index (χ2v) is 9.09. The number of para-hydroxylation sites is 1. The summed E-state index contributed by atoms with van der Waals surface area (Å²) in [5.41, 5.74) is 5.11. The van der Waals surface area contributed by atoms with Gasteiger partial charge < -0.3 is 14.5 Å². The van der Waals surface area contributed by atoms with Crippen LogP contribution in [-0.2, 0) is 14.3 Å². The number of thioether (sulfide) groups is 1. The lowest BCUT2D eigenvalue weighted by Gasteiger charge is -2.34. The van der Waals surface area contributed by atoms with Crippen molar-refractivity contribution in [1.29, 1.82) is 0 Å². The van der Waals surface area contributed by atoms with E-state index in [0.717, 1.165) is 21.7 Å². The van der Waals surface area contributed by atoms with E-state index in [1.54, 1.807) is 11.8 Å². The monoisotopic (exact) mass is 471 g/mol. The van der Waals surface area contributed by atoms with Crippen molar-refractivity contribution in [2.24, 2.45) is 4.99 Å². The molecule has 0 radical (unpaired) electrons. The van der Waals surface area contributed by atoms with Crippen LogP contribution in [0.15, 0.2) is 88.0 Å². The molecule has 1 fully saturated rings. The van der Waals surface area contributed by atoms with E-state index in [1.165, 1.54) is 11.8 Å². The van der Waals surface area contributed by atoms with Crippen LogP contribution in [0.4, 0.5) is 5.69 Å². The predicted molar refractivity (Wildman–Crippen MR) is 136 cm³/mol. The molecule has 0 N–H and O–H groups in total. The van der Waals surface area contributed by atoms with Gasteiger partial charge in [0.25, 0.3) is 5.91 Å².